The standard InChI is InChI=1S/C25H24ClFN4O4/c1-2-25(35)14-21(31(15-25)24(34)28-17-8-6-16(26)7-9-17)23(33)29-20-11-10-18(13-19(20)27)30-12-4-3-5-22(30)32/h3-13,21,35H,2,14-15H2,1H3,(H,28,34)(H,29,33)/t21-,25-/m1/s1. The van der Waals surface area contributed by atoms with Gasteiger partial charge in [-0.2, -0.15) is 0 Å². The number of β-amino-alcohol motifs (C(OH)–C–C–N with tert-alkyl or cyclic N) is 1. The van der Waals surface area contributed by atoms with Crippen LogP contribution >= 0.6 is 11.6 Å². The minimum absolute atomic E-state index is 0.00246. The van der Waals surface area contributed by atoms with Crippen molar-refractivity contribution in [2.24, 2.45) is 0 Å². The number of urea groups is 1. The number of benzene rings is 2. The van der Waals surface area contributed by atoms with Gasteiger partial charge in [0.1, 0.15) is 11.9 Å². The fourth-order valence-corrected chi connectivity index (χ4v) is 4.13. The summed E-state index contributed by atoms with van der Waals surface area (Å²) in [7, 11) is 0. The van der Waals surface area contributed by atoms with E-state index in [1.54, 1.807) is 43.3 Å². The van der Waals surface area contributed by atoms with Gasteiger partial charge in [-0.1, -0.05) is 24.6 Å². The van der Waals surface area contributed by atoms with Crippen molar-refractivity contribution in [2.45, 2.75) is 31.4 Å². The van der Waals surface area contributed by atoms with Crippen molar-refractivity contribution in [1.29, 1.82) is 0 Å². The van der Waals surface area contributed by atoms with E-state index < -0.39 is 29.4 Å². The minimum Gasteiger partial charge on any atom is -0.388 e. The second kappa shape index (κ2) is 9.89. The molecule has 0 unspecified atom stereocenters. The molecule has 0 saturated carbocycles. The highest BCUT2D eigenvalue weighted by molar-refractivity contribution is 6.30. The van der Waals surface area contributed by atoms with Crippen LogP contribution in [0.1, 0.15) is 19.8 Å². The summed E-state index contributed by atoms with van der Waals surface area (Å²) in [5.74, 6) is -1.38. The summed E-state index contributed by atoms with van der Waals surface area (Å²) < 4.78 is 16.1. The van der Waals surface area contributed by atoms with Crippen molar-refractivity contribution in [1.82, 2.24) is 9.47 Å². The Labute approximate surface area is 205 Å². The van der Waals surface area contributed by atoms with Crippen LogP contribution in [-0.4, -0.2) is 44.7 Å². The third-order valence-electron chi connectivity index (χ3n) is 6.04. The molecule has 3 N–H and O–H groups in total. The summed E-state index contributed by atoms with van der Waals surface area (Å²) in [4.78, 5) is 39.3. The summed E-state index contributed by atoms with van der Waals surface area (Å²) in [6.07, 6.45) is 1.84. The lowest BCUT2D eigenvalue weighted by Crippen LogP contribution is -2.45. The smallest absolute Gasteiger partial charge is 0.322 e. The number of rotatable bonds is 5. The third kappa shape index (κ3) is 5.36. The molecule has 8 nitrogen and oxygen atoms in total. The molecule has 1 saturated heterocycles. The maximum absolute atomic E-state index is 14.8. The summed E-state index contributed by atoms with van der Waals surface area (Å²) in [6.45, 7) is 1.71. The molecule has 1 fully saturated rings. The molecule has 2 atom stereocenters. The maximum atomic E-state index is 14.8. The van der Waals surface area contributed by atoms with Gasteiger partial charge in [0.15, 0.2) is 0 Å². The fraction of sp³-hybridized carbons (Fsp3) is 0.240. The van der Waals surface area contributed by atoms with Gasteiger partial charge in [0.25, 0.3) is 5.56 Å². The lowest BCUT2D eigenvalue weighted by Gasteiger charge is -2.24. The van der Waals surface area contributed by atoms with Crippen LogP contribution in [0.3, 0.4) is 0 Å². The molecule has 4 rings (SSSR count). The number of halogens is 2. The Morgan fingerprint density at radius 2 is 1.89 bits per heavy atom. The molecule has 1 aromatic heterocycles. The van der Waals surface area contributed by atoms with Crippen molar-refractivity contribution in [2.75, 3.05) is 17.2 Å². The first-order chi connectivity index (χ1) is 16.7. The Morgan fingerprint density at radius 3 is 2.54 bits per heavy atom. The Hall–Kier alpha value is -3.69. The third-order valence-corrected chi connectivity index (χ3v) is 6.29. The number of aromatic nitrogens is 1. The van der Waals surface area contributed by atoms with E-state index in [1.165, 1.54) is 33.9 Å². The first-order valence-corrected chi connectivity index (χ1v) is 11.4. The molecule has 3 amide bonds. The van der Waals surface area contributed by atoms with E-state index in [-0.39, 0.29) is 24.2 Å². The summed E-state index contributed by atoms with van der Waals surface area (Å²) in [6, 6.07) is 13.4. The molecular formula is C25H24ClFN4O4. The number of aliphatic hydroxyl groups is 1. The molecule has 2 heterocycles. The lowest BCUT2D eigenvalue weighted by atomic mass is 9.97. The largest absolute Gasteiger partial charge is 0.388 e. The molecular weight excluding hydrogens is 475 g/mol. The van der Waals surface area contributed by atoms with E-state index in [9.17, 15) is 23.9 Å². The van der Waals surface area contributed by atoms with Crippen molar-refractivity contribution in [3.8, 4) is 5.69 Å². The Bertz CT molecular complexity index is 1310. The number of anilines is 2. The molecule has 0 bridgehead atoms. The molecule has 0 aliphatic carbocycles. The van der Waals surface area contributed by atoms with Crippen molar-refractivity contribution >= 4 is 34.9 Å². The number of pyridine rings is 1. The topological polar surface area (TPSA) is 104 Å². The highest BCUT2D eigenvalue weighted by Crippen LogP contribution is 2.32. The van der Waals surface area contributed by atoms with Gasteiger partial charge in [0, 0.05) is 35.5 Å². The van der Waals surface area contributed by atoms with E-state index in [4.69, 9.17) is 11.6 Å². The number of nitrogens with zero attached hydrogens (tertiary/aromatic N) is 2. The van der Waals surface area contributed by atoms with Gasteiger partial charge >= 0.3 is 6.03 Å². The Morgan fingerprint density at radius 1 is 1.14 bits per heavy atom. The van der Waals surface area contributed by atoms with Crippen LogP contribution in [-0.2, 0) is 4.79 Å². The number of nitrogens with one attached hydrogen (secondary N) is 2. The number of hydrogen-bond acceptors (Lipinski definition) is 4. The Balaban J connectivity index is 1.53. The van der Waals surface area contributed by atoms with Crippen LogP contribution in [0.4, 0.5) is 20.6 Å². The zero-order chi connectivity index (χ0) is 25.2. The second-order valence-corrected chi connectivity index (χ2v) is 8.86. The molecule has 35 heavy (non-hydrogen) atoms. The molecule has 0 spiro atoms. The highest BCUT2D eigenvalue weighted by atomic mass is 35.5. The van der Waals surface area contributed by atoms with E-state index >= 15 is 0 Å². The predicted molar refractivity (Wildman–Crippen MR) is 131 cm³/mol. The van der Waals surface area contributed by atoms with Gasteiger partial charge in [0.05, 0.1) is 23.5 Å². The van der Waals surface area contributed by atoms with E-state index in [1.807, 2.05) is 0 Å². The molecule has 10 heteroatoms. The number of carbonyl (C=O) groups is 2. The second-order valence-electron chi connectivity index (χ2n) is 8.43. The SMILES string of the molecule is CC[C@@]1(O)C[C@H](C(=O)Nc2ccc(-n3ccccc3=O)cc2F)N(C(=O)Nc2ccc(Cl)cc2)C1. The number of carbonyl (C=O) groups excluding carboxylic acids is 2. The number of hydrogen-bond donors (Lipinski definition) is 3. The van der Waals surface area contributed by atoms with Crippen LogP contribution < -0.4 is 16.2 Å². The number of amides is 3. The first-order valence-electron chi connectivity index (χ1n) is 11.0. The maximum Gasteiger partial charge on any atom is 0.322 e. The van der Waals surface area contributed by atoms with Crippen LogP contribution in [0.2, 0.25) is 5.02 Å². The van der Waals surface area contributed by atoms with Gasteiger partial charge in [-0.3, -0.25) is 14.2 Å². The average Bonchev–Trinajstić information content (AvgIpc) is 3.21. The van der Waals surface area contributed by atoms with Crippen LogP contribution in [0.5, 0.6) is 0 Å². The quantitative estimate of drug-likeness (QED) is 0.494. The van der Waals surface area contributed by atoms with Crippen LogP contribution in [0.25, 0.3) is 5.69 Å². The van der Waals surface area contributed by atoms with Gasteiger partial charge in [-0.15, -0.1) is 0 Å². The molecule has 1 aliphatic rings. The Kier molecular flexibility index (Phi) is 6.90. The molecule has 182 valence electrons. The predicted octanol–water partition coefficient (Wildman–Crippen LogP) is 4.02. The van der Waals surface area contributed by atoms with Gasteiger partial charge < -0.3 is 20.6 Å². The first kappa shape index (κ1) is 24.4. The van der Waals surface area contributed by atoms with Gasteiger partial charge in [0.2, 0.25) is 5.91 Å². The van der Waals surface area contributed by atoms with E-state index in [2.05, 4.69) is 10.6 Å². The minimum atomic E-state index is -1.25. The lowest BCUT2D eigenvalue weighted by molar-refractivity contribution is -0.119. The average molecular weight is 499 g/mol. The molecule has 3 aromatic rings. The van der Waals surface area contributed by atoms with Crippen LogP contribution in [0.15, 0.2) is 71.7 Å². The zero-order valence-corrected chi connectivity index (χ0v) is 19.6. The van der Waals surface area contributed by atoms with Crippen LogP contribution in [0, 0.1) is 5.82 Å². The zero-order valence-electron chi connectivity index (χ0n) is 18.9. The van der Waals surface area contributed by atoms with Crippen molar-refractivity contribution in [3.63, 3.8) is 0 Å². The van der Waals surface area contributed by atoms with Gasteiger partial charge in [-0.25, -0.2) is 9.18 Å². The van der Waals surface area contributed by atoms with E-state index in [0.717, 1.165) is 6.07 Å². The van der Waals surface area contributed by atoms with Gasteiger partial charge in [-0.05, 0) is 48.9 Å². The van der Waals surface area contributed by atoms with E-state index in [0.29, 0.717) is 22.8 Å². The summed E-state index contributed by atoms with van der Waals surface area (Å²) >= 11 is 5.88. The van der Waals surface area contributed by atoms with Crippen molar-refractivity contribution < 1.29 is 19.1 Å². The summed E-state index contributed by atoms with van der Waals surface area (Å²) in [5.41, 5.74) is -0.904. The highest BCUT2D eigenvalue weighted by Gasteiger charge is 2.47. The summed E-state index contributed by atoms with van der Waals surface area (Å²) in [5, 5.41) is 16.5. The molecule has 0 radical (unpaired) electrons. The van der Waals surface area contributed by atoms with Crippen molar-refractivity contribution in [3.05, 3.63) is 88.1 Å². The molecule has 2 aromatic carbocycles. The molecule has 1 aliphatic heterocycles. The monoisotopic (exact) mass is 498 g/mol. The fourth-order valence-electron chi connectivity index (χ4n) is 4.01. The normalized spacial score (nSPS) is 19.4. The number of likely N-dealkylation sites (tertiary alicyclic amines) is 1.